The number of rotatable bonds is 7. The van der Waals surface area contributed by atoms with Gasteiger partial charge in [0.25, 0.3) is 0 Å². The summed E-state index contributed by atoms with van der Waals surface area (Å²) in [5.74, 6) is 1.04. The summed E-state index contributed by atoms with van der Waals surface area (Å²) in [4.78, 5) is 1.20. The van der Waals surface area contributed by atoms with Crippen molar-refractivity contribution in [2.24, 2.45) is 0 Å². The molecule has 2 nitrogen and oxygen atoms in total. The molecule has 0 bridgehead atoms. The zero-order valence-corrected chi connectivity index (χ0v) is 11.9. The molecule has 0 spiro atoms. The van der Waals surface area contributed by atoms with Crippen LogP contribution < -0.4 is 5.32 Å². The molecule has 0 saturated carbocycles. The van der Waals surface area contributed by atoms with Crippen LogP contribution in [-0.2, 0) is 0 Å². The Morgan fingerprint density at radius 3 is 2.82 bits per heavy atom. The number of benzene rings is 1. The summed E-state index contributed by atoms with van der Waals surface area (Å²) in [6.07, 6.45) is 2.03. The van der Waals surface area contributed by atoms with Crippen LogP contribution in [0.1, 0.15) is 19.8 Å². The van der Waals surface area contributed by atoms with Gasteiger partial charge in [0, 0.05) is 15.5 Å². The molecule has 0 fully saturated rings. The van der Waals surface area contributed by atoms with Gasteiger partial charge in [0.05, 0.1) is 6.61 Å². The van der Waals surface area contributed by atoms with Gasteiger partial charge < -0.3 is 10.4 Å². The number of aliphatic hydroxyl groups excluding tert-OH is 1. The van der Waals surface area contributed by atoms with Gasteiger partial charge in [-0.2, -0.15) is 0 Å². The molecule has 0 aliphatic carbocycles. The van der Waals surface area contributed by atoms with Crippen molar-refractivity contribution < 1.29 is 5.11 Å². The highest BCUT2D eigenvalue weighted by molar-refractivity contribution is 7.99. The molecule has 0 aliphatic rings. The number of nitrogens with one attached hydrogen (secondary N) is 1. The number of hydrogen-bond donors (Lipinski definition) is 2. The Morgan fingerprint density at radius 2 is 2.24 bits per heavy atom. The van der Waals surface area contributed by atoms with Crippen molar-refractivity contribution in [3.8, 4) is 0 Å². The van der Waals surface area contributed by atoms with E-state index in [4.69, 9.17) is 11.6 Å². The van der Waals surface area contributed by atoms with E-state index in [1.807, 2.05) is 32.2 Å². The smallest absolute Gasteiger partial charge is 0.0610 e. The van der Waals surface area contributed by atoms with Crippen molar-refractivity contribution in [1.82, 2.24) is 5.32 Å². The van der Waals surface area contributed by atoms with Crippen molar-refractivity contribution in [1.29, 1.82) is 0 Å². The molecule has 1 aromatic carbocycles. The monoisotopic (exact) mass is 273 g/mol. The fourth-order valence-electron chi connectivity index (χ4n) is 1.49. The van der Waals surface area contributed by atoms with Gasteiger partial charge in [-0.1, -0.05) is 17.7 Å². The summed E-state index contributed by atoms with van der Waals surface area (Å²) in [5, 5.41) is 13.2. The van der Waals surface area contributed by atoms with Crippen LogP contribution in [0.25, 0.3) is 0 Å². The molecule has 0 aromatic heterocycles. The topological polar surface area (TPSA) is 32.3 Å². The molecule has 0 heterocycles. The highest BCUT2D eigenvalue weighted by atomic mass is 35.5. The molecular formula is C13H20ClNOS. The number of likely N-dealkylation sites (N-methyl/N-ethyl adjacent to an activating group) is 1. The average Bonchev–Trinajstić information content (AvgIpc) is 2.34. The lowest BCUT2D eigenvalue weighted by Gasteiger charge is -2.26. The molecular weight excluding hydrogens is 254 g/mol. The Labute approximate surface area is 113 Å². The predicted octanol–water partition coefficient (Wildman–Crippen LogP) is 3.18. The van der Waals surface area contributed by atoms with Gasteiger partial charge in [0.2, 0.25) is 0 Å². The Bertz CT molecular complexity index is 342. The van der Waals surface area contributed by atoms with E-state index >= 15 is 0 Å². The van der Waals surface area contributed by atoms with E-state index < -0.39 is 0 Å². The minimum absolute atomic E-state index is 0.158. The first-order chi connectivity index (χ1) is 8.09. The molecule has 1 rings (SSSR count). The molecule has 0 amide bonds. The Hall–Kier alpha value is -0.220. The maximum atomic E-state index is 9.25. The normalized spacial score (nSPS) is 14.6. The van der Waals surface area contributed by atoms with Gasteiger partial charge in [-0.3, -0.25) is 0 Å². The van der Waals surface area contributed by atoms with E-state index in [2.05, 4.69) is 11.4 Å². The van der Waals surface area contributed by atoms with Crippen LogP contribution in [-0.4, -0.2) is 30.1 Å². The minimum atomic E-state index is -0.158. The largest absolute Gasteiger partial charge is 0.394 e. The van der Waals surface area contributed by atoms with Gasteiger partial charge in [-0.15, -0.1) is 11.8 Å². The van der Waals surface area contributed by atoms with Crippen molar-refractivity contribution in [2.45, 2.75) is 30.2 Å². The number of thioether (sulfide) groups is 1. The van der Waals surface area contributed by atoms with Gasteiger partial charge in [0.15, 0.2) is 0 Å². The van der Waals surface area contributed by atoms with Crippen LogP contribution in [0, 0.1) is 0 Å². The van der Waals surface area contributed by atoms with E-state index in [-0.39, 0.29) is 12.1 Å². The van der Waals surface area contributed by atoms with E-state index in [0.717, 1.165) is 23.6 Å². The standard InChI is InChI=1S/C13H20ClNOS/c1-13(10-16,15-2)7-4-8-17-12-6-3-5-11(14)9-12/h3,5-6,9,15-16H,4,7-8,10H2,1-2H3. The average molecular weight is 274 g/mol. The van der Waals surface area contributed by atoms with Gasteiger partial charge in [-0.25, -0.2) is 0 Å². The molecule has 4 heteroatoms. The van der Waals surface area contributed by atoms with Crippen molar-refractivity contribution in [2.75, 3.05) is 19.4 Å². The lowest BCUT2D eigenvalue weighted by atomic mass is 9.98. The summed E-state index contributed by atoms with van der Waals surface area (Å²) in [7, 11) is 1.89. The first-order valence-corrected chi connectivity index (χ1v) is 7.14. The Kier molecular flexibility index (Phi) is 6.34. The first-order valence-electron chi connectivity index (χ1n) is 5.78. The first kappa shape index (κ1) is 14.8. The zero-order chi connectivity index (χ0) is 12.7. The third-order valence-electron chi connectivity index (χ3n) is 2.89. The van der Waals surface area contributed by atoms with Crippen LogP contribution in [0.15, 0.2) is 29.2 Å². The fraction of sp³-hybridized carbons (Fsp3) is 0.538. The summed E-state index contributed by atoms with van der Waals surface area (Å²) >= 11 is 7.72. The van der Waals surface area contributed by atoms with E-state index in [0.29, 0.717) is 0 Å². The van der Waals surface area contributed by atoms with Crippen LogP contribution in [0.3, 0.4) is 0 Å². The molecule has 0 radical (unpaired) electrons. The maximum absolute atomic E-state index is 9.25. The van der Waals surface area contributed by atoms with E-state index in [9.17, 15) is 5.11 Å². The van der Waals surface area contributed by atoms with E-state index in [1.165, 1.54) is 4.90 Å². The third kappa shape index (κ3) is 5.30. The highest BCUT2D eigenvalue weighted by Gasteiger charge is 2.19. The summed E-state index contributed by atoms with van der Waals surface area (Å²) in [6, 6.07) is 7.90. The lowest BCUT2D eigenvalue weighted by Crippen LogP contribution is -2.43. The van der Waals surface area contributed by atoms with Crippen molar-refractivity contribution in [3.63, 3.8) is 0 Å². The quantitative estimate of drug-likeness (QED) is 0.591. The molecule has 0 aliphatic heterocycles. The summed E-state index contributed by atoms with van der Waals surface area (Å²) in [5.41, 5.74) is -0.158. The van der Waals surface area contributed by atoms with Crippen LogP contribution >= 0.6 is 23.4 Å². The maximum Gasteiger partial charge on any atom is 0.0610 e. The number of aliphatic hydroxyl groups is 1. The molecule has 1 atom stereocenters. The van der Waals surface area contributed by atoms with E-state index in [1.54, 1.807) is 11.8 Å². The van der Waals surface area contributed by atoms with Crippen molar-refractivity contribution >= 4 is 23.4 Å². The van der Waals surface area contributed by atoms with Gasteiger partial charge in [0.1, 0.15) is 0 Å². The zero-order valence-electron chi connectivity index (χ0n) is 10.4. The molecule has 17 heavy (non-hydrogen) atoms. The highest BCUT2D eigenvalue weighted by Crippen LogP contribution is 2.23. The van der Waals surface area contributed by atoms with Gasteiger partial charge >= 0.3 is 0 Å². The van der Waals surface area contributed by atoms with Gasteiger partial charge in [-0.05, 0) is 50.8 Å². The molecule has 1 aromatic rings. The number of halogens is 1. The molecule has 96 valence electrons. The van der Waals surface area contributed by atoms with Crippen LogP contribution in [0.2, 0.25) is 5.02 Å². The number of hydrogen-bond acceptors (Lipinski definition) is 3. The third-order valence-corrected chi connectivity index (χ3v) is 4.21. The summed E-state index contributed by atoms with van der Waals surface area (Å²) < 4.78 is 0. The summed E-state index contributed by atoms with van der Waals surface area (Å²) in [6.45, 7) is 2.21. The van der Waals surface area contributed by atoms with Crippen LogP contribution in [0.4, 0.5) is 0 Å². The molecule has 1 unspecified atom stereocenters. The molecule has 0 saturated heterocycles. The van der Waals surface area contributed by atoms with Crippen LogP contribution in [0.5, 0.6) is 0 Å². The second-order valence-corrected chi connectivity index (χ2v) is 5.98. The molecule has 2 N–H and O–H groups in total. The predicted molar refractivity (Wildman–Crippen MR) is 76.0 cm³/mol. The Balaban J connectivity index is 2.29. The second kappa shape index (κ2) is 7.27. The second-order valence-electron chi connectivity index (χ2n) is 4.38. The SMILES string of the molecule is CNC(C)(CO)CCCSc1cccc(Cl)c1. The van der Waals surface area contributed by atoms with Crippen molar-refractivity contribution in [3.05, 3.63) is 29.3 Å². The Morgan fingerprint density at radius 1 is 1.47 bits per heavy atom. The minimum Gasteiger partial charge on any atom is -0.394 e. The fourth-order valence-corrected chi connectivity index (χ4v) is 2.66. The lowest BCUT2D eigenvalue weighted by molar-refractivity contribution is 0.173.